The van der Waals surface area contributed by atoms with Crippen LogP contribution in [0.1, 0.15) is 30.6 Å². The summed E-state index contributed by atoms with van der Waals surface area (Å²) in [6.45, 7) is 4.72. The molecule has 0 saturated carbocycles. The van der Waals surface area contributed by atoms with Crippen molar-refractivity contribution in [2.45, 2.75) is 26.8 Å². The molecule has 6 nitrogen and oxygen atoms in total. The molecule has 3 aromatic carbocycles. The zero-order valence-corrected chi connectivity index (χ0v) is 20.0. The van der Waals surface area contributed by atoms with E-state index in [4.69, 9.17) is 0 Å². The highest BCUT2D eigenvalue weighted by Crippen LogP contribution is 2.31. The number of nitrogens with zero attached hydrogens (tertiary/aromatic N) is 2. The minimum atomic E-state index is -0.305. The number of aryl methyl sites for hydroxylation is 1. The van der Waals surface area contributed by atoms with Crippen molar-refractivity contribution < 1.29 is 9.59 Å². The number of aromatic nitrogens is 1. The molecule has 0 fully saturated rings. The molecule has 1 heterocycles. The van der Waals surface area contributed by atoms with E-state index in [0.717, 1.165) is 32.1 Å². The second-order valence-electron chi connectivity index (χ2n) is 7.52. The summed E-state index contributed by atoms with van der Waals surface area (Å²) in [5.74, 6) is -0.491. The number of para-hydroxylation sites is 1. The summed E-state index contributed by atoms with van der Waals surface area (Å²) in [5.41, 5.74) is 6.61. The molecule has 4 aromatic rings. The molecule has 0 saturated heterocycles. The summed E-state index contributed by atoms with van der Waals surface area (Å²) >= 11 is 2.15. The summed E-state index contributed by atoms with van der Waals surface area (Å²) in [7, 11) is 0. The van der Waals surface area contributed by atoms with Crippen LogP contribution < -0.4 is 10.7 Å². The van der Waals surface area contributed by atoms with Crippen molar-refractivity contribution >= 4 is 67.6 Å². The molecule has 0 spiro atoms. The smallest absolute Gasteiger partial charge is 0.271 e. The van der Waals surface area contributed by atoms with E-state index >= 15 is 0 Å². The number of fused-ring (bicyclic) bond motifs is 3. The van der Waals surface area contributed by atoms with Gasteiger partial charge in [-0.05, 0) is 78.9 Å². The first kappa shape index (κ1) is 22.0. The maximum Gasteiger partial charge on any atom is 0.271 e. The van der Waals surface area contributed by atoms with Gasteiger partial charge in [-0.2, -0.15) is 5.10 Å². The Morgan fingerprint density at radius 3 is 2.53 bits per heavy atom. The molecule has 0 aliphatic heterocycles. The Morgan fingerprint density at radius 2 is 1.75 bits per heavy atom. The number of rotatable bonds is 6. The van der Waals surface area contributed by atoms with Crippen LogP contribution >= 0.6 is 22.6 Å². The maximum absolute atomic E-state index is 12.5. The van der Waals surface area contributed by atoms with Crippen molar-refractivity contribution in [3.8, 4) is 0 Å². The zero-order valence-electron chi connectivity index (χ0n) is 17.9. The number of nitrogens with one attached hydrogen (secondary N) is 2. The normalized spacial score (nSPS) is 11.7. The Balaban J connectivity index is 1.45. The zero-order chi connectivity index (χ0) is 22.7. The van der Waals surface area contributed by atoms with Gasteiger partial charge in [0.2, 0.25) is 5.91 Å². The number of halogens is 1. The fourth-order valence-electron chi connectivity index (χ4n) is 3.79. The molecule has 0 aliphatic carbocycles. The molecule has 0 bridgehead atoms. The van der Waals surface area contributed by atoms with Gasteiger partial charge in [0.15, 0.2) is 0 Å². The summed E-state index contributed by atoms with van der Waals surface area (Å²) in [6.07, 6.45) is 0.0847. The Hall–Kier alpha value is -3.20. The lowest BCUT2D eigenvalue weighted by atomic mass is 10.1. The molecule has 4 rings (SSSR count). The molecule has 162 valence electrons. The lowest BCUT2D eigenvalue weighted by Crippen LogP contribution is -2.21. The van der Waals surface area contributed by atoms with Crippen molar-refractivity contribution in [1.82, 2.24) is 9.99 Å². The topological polar surface area (TPSA) is 75.5 Å². The van der Waals surface area contributed by atoms with Gasteiger partial charge in [-0.25, -0.2) is 5.43 Å². The largest absolute Gasteiger partial charge is 0.341 e. The van der Waals surface area contributed by atoms with E-state index in [0.29, 0.717) is 11.3 Å². The van der Waals surface area contributed by atoms with Gasteiger partial charge in [0.05, 0.1) is 6.42 Å². The quantitative estimate of drug-likeness (QED) is 0.192. The Kier molecular flexibility index (Phi) is 6.55. The van der Waals surface area contributed by atoms with Gasteiger partial charge < -0.3 is 9.88 Å². The molecule has 2 N–H and O–H groups in total. The number of amides is 2. The van der Waals surface area contributed by atoms with Gasteiger partial charge >= 0.3 is 0 Å². The van der Waals surface area contributed by atoms with Crippen LogP contribution in [-0.4, -0.2) is 22.1 Å². The summed E-state index contributed by atoms with van der Waals surface area (Å²) in [4.78, 5) is 24.7. The second kappa shape index (κ2) is 9.52. The van der Waals surface area contributed by atoms with Crippen LogP contribution in [0.15, 0.2) is 71.8 Å². The van der Waals surface area contributed by atoms with Gasteiger partial charge in [-0.3, -0.25) is 9.59 Å². The first-order chi connectivity index (χ1) is 15.5. The van der Waals surface area contributed by atoms with Crippen molar-refractivity contribution in [1.29, 1.82) is 0 Å². The van der Waals surface area contributed by atoms with E-state index in [-0.39, 0.29) is 18.2 Å². The number of carbonyl (C=O) groups excluding carboxylic acids is 2. The summed E-state index contributed by atoms with van der Waals surface area (Å²) in [5, 5.41) is 9.28. The molecule has 0 unspecified atom stereocenters. The fraction of sp³-hybridized carbons (Fsp3) is 0.160. The van der Waals surface area contributed by atoms with Crippen LogP contribution in [0, 0.1) is 3.57 Å². The lowest BCUT2D eigenvalue weighted by molar-refractivity contribution is -0.115. The van der Waals surface area contributed by atoms with E-state index in [9.17, 15) is 9.59 Å². The molecule has 1 aromatic heterocycles. The first-order valence-electron chi connectivity index (χ1n) is 10.4. The highest BCUT2D eigenvalue weighted by atomic mass is 127. The van der Waals surface area contributed by atoms with Gasteiger partial charge in [0, 0.05) is 48.9 Å². The molecule has 32 heavy (non-hydrogen) atoms. The molecular weight excluding hydrogens is 515 g/mol. The minimum Gasteiger partial charge on any atom is -0.341 e. The monoisotopic (exact) mass is 538 g/mol. The lowest BCUT2D eigenvalue weighted by Gasteiger charge is -2.07. The Morgan fingerprint density at radius 1 is 0.969 bits per heavy atom. The van der Waals surface area contributed by atoms with Crippen molar-refractivity contribution in [3.05, 3.63) is 75.9 Å². The number of hydrazone groups is 1. The van der Waals surface area contributed by atoms with E-state index < -0.39 is 0 Å². The van der Waals surface area contributed by atoms with E-state index in [1.54, 1.807) is 19.1 Å². The van der Waals surface area contributed by atoms with Crippen LogP contribution in [0.4, 0.5) is 5.69 Å². The average molecular weight is 538 g/mol. The number of carbonyl (C=O) groups is 2. The average Bonchev–Trinajstić information content (AvgIpc) is 3.10. The SMILES string of the molecule is CCn1c2ccccc2c2cc(NC(=O)C/C(C)=N/NC(=O)c3cccc(I)c3)ccc21. The third kappa shape index (κ3) is 4.67. The fourth-order valence-corrected chi connectivity index (χ4v) is 4.33. The van der Waals surface area contributed by atoms with Crippen LogP contribution in [-0.2, 0) is 11.3 Å². The third-order valence-corrected chi connectivity index (χ3v) is 5.89. The van der Waals surface area contributed by atoms with Gasteiger partial charge in [-0.1, -0.05) is 24.3 Å². The van der Waals surface area contributed by atoms with E-state index in [1.807, 2.05) is 42.5 Å². The predicted octanol–water partition coefficient (Wildman–Crippen LogP) is 5.55. The van der Waals surface area contributed by atoms with Crippen LogP contribution in [0.25, 0.3) is 21.8 Å². The number of benzene rings is 3. The van der Waals surface area contributed by atoms with Crippen LogP contribution in [0.3, 0.4) is 0 Å². The third-order valence-electron chi connectivity index (χ3n) is 5.22. The molecule has 0 aliphatic rings. The van der Waals surface area contributed by atoms with E-state index in [1.165, 1.54) is 5.52 Å². The minimum absolute atomic E-state index is 0.0847. The van der Waals surface area contributed by atoms with Crippen LogP contribution in [0.5, 0.6) is 0 Å². The maximum atomic E-state index is 12.5. The molecule has 7 heteroatoms. The molecule has 0 atom stereocenters. The first-order valence-corrected chi connectivity index (χ1v) is 11.4. The second-order valence-corrected chi connectivity index (χ2v) is 8.76. The summed E-state index contributed by atoms with van der Waals surface area (Å²) < 4.78 is 3.23. The number of hydrogen-bond acceptors (Lipinski definition) is 3. The van der Waals surface area contributed by atoms with E-state index in [2.05, 4.69) is 62.1 Å². The Bertz CT molecular complexity index is 1360. The Labute approximate surface area is 199 Å². The molecule has 2 amide bonds. The van der Waals surface area contributed by atoms with Gasteiger partial charge in [-0.15, -0.1) is 0 Å². The molecule has 0 radical (unpaired) electrons. The summed E-state index contributed by atoms with van der Waals surface area (Å²) in [6, 6.07) is 21.5. The van der Waals surface area contributed by atoms with Crippen LogP contribution in [0.2, 0.25) is 0 Å². The number of hydrogen-bond donors (Lipinski definition) is 2. The number of anilines is 1. The highest BCUT2D eigenvalue weighted by molar-refractivity contribution is 14.1. The van der Waals surface area contributed by atoms with Crippen molar-refractivity contribution in [2.24, 2.45) is 5.10 Å². The molecular formula is C25H23IN4O2. The van der Waals surface area contributed by atoms with Gasteiger partial charge in [0.25, 0.3) is 5.91 Å². The van der Waals surface area contributed by atoms with Crippen molar-refractivity contribution in [2.75, 3.05) is 5.32 Å². The van der Waals surface area contributed by atoms with Gasteiger partial charge in [0.1, 0.15) is 0 Å². The predicted molar refractivity (Wildman–Crippen MR) is 138 cm³/mol. The highest BCUT2D eigenvalue weighted by Gasteiger charge is 2.12. The standard InChI is InChI=1S/C25H23IN4O2/c1-3-30-22-10-5-4-9-20(22)21-15-19(11-12-23(21)30)27-24(31)13-16(2)28-29-25(32)17-7-6-8-18(26)14-17/h4-12,14-15H,3,13H2,1-2H3,(H,27,31)(H,29,32)/b28-16+. The van der Waals surface area contributed by atoms with Crippen molar-refractivity contribution in [3.63, 3.8) is 0 Å².